The average Bonchev–Trinajstić information content (AvgIpc) is 2.64. The summed E-state index contributed by atoms with van der Waals surface area (Å²) < 4.78 is 34.7. The maximum Gasteiger partial charge on any atom is 0.339 e. The largest absolute Gasteiger partial charge is 0.456 e. The van der Waals surface area contributed by atoms with Gasteiger partial charge in [0.15, 0.2) is 0 Å². The zero-order valence-electron chi connectivity index (χ0n) is 17.1. The van der Waals surface area contributed by atoms with Crippen molar-refractivity contribution < 1.29 is 32.0 Å². The van der Waals surface area contributed by atoms with E-state index in [4.69, 9.17) is 8.92 Å². The van der Waals surface area contributed by atoms with Crippen molar-refractivity contribution in [2.75, 3.05) is 0 Å². The zero-order valence-corrected chi connectivity index (χ0v) is 18.0. The molecular weight excluding hydrogens is 432 g/mol. The predicted molar refractivity (Wildman–Crippen MR) is 108 cm³/mol. The minimum Gasteiger partial charge on any atom is -0.456 e. The Hall–Kier alpha value is -3.38. The molecule has 0 radical (unpaired) electrons. The second kappa shape index (κ2) is 8.78. The van der Waals surface area contributed by atoms with E-state index < -0.39 is 60.6 Å². The van der Waals surface area contributed by atoms with Crippen molar-refractivity contribution in [2.24, 2.45) is 0 Å². The summed E-state index contributed by atoms with van der Waals surface area (Å²) in [6.45, 7) is 5.46. The Kier molecular flexibility index (Phi) is 6.76. The van der Waals surface area contributed by atoms with Gasteiger partial charge in [-0.05, 0) is 39.8 Å². The number of nitrogens with zero attached hydrogens (tertiary/aromatic N) is 2. The Morgan fingerprint density at radius 1 is 1.00 bits per heavy atom. The maximum absolute atomic E-state index is 12.4. The Labute approximate surface area is 178 Å². The summed E-state index contributed by atoms with van der Waals surface area (Å²) in [7, 11) is -4.35. The number of hydrogen-bond acceptors (Lipinski definition) is 9. The third-order valence-electron chi connectivity index (χ3n) is 3.90. The highest BCUT2D eigenvalue weighted by molar-refractivity contribution is 7.86. The summed E-state index contributed by atoms with van der Waals surface area (Å²) in [6.07, 6.45) is 0. The fourth-order valence-electron chi connectivity index (χ4n) is 2.48. The van der Waals surface area contributed by atoms with Gasteiger partial charge in [-0.1, -0.05) is 17.7 Å². The molecule has 0 heterocycles. The van der Waals surface area contributed by atoms with Crippen LogP contribution in [0.2, 0.25) is 0 Å². The number of ether oxygens (including phenoxy) is 1. The van der Waals surface area contributed by atoms with Crippen LogP contribution < -0.4 is 0 Å². The van der Waals surface area contributed by atoms with Crippen LogP contribution in [0.15, 0.2) is 41.3 Å². The number of aryl methyl sites for hydroxylation is 1. The molecule has 0 unspecified atom stereocenters. The lowest BCUT2D eigenvalue weighted by Crippen LogP contribution is -2.24. The third-order valence-corrected chi connectivity index (χ3v) is 5.18. The molecule has 2 aromatic rings. The first-order valence-corrected chi connectivity index (χ1v) is 10.3. The van der Waals surface area contributed by atoms with E-state index in [0.29, 0.717) is 0 Å². The zero-order chi connectivity index (χ0) is 23.6. The molecule has 0 fully saturated rings. The van der Waals surface area contributed by atoms with Gasteiger partial charge in [0.25, 0.3) is 21.5 Å². The molecule has 0 bridgehead atoms. The first-order valence-electron chi connectivity index (χ1n) is 8.86. The lowest BCUT2D eigenvalue weighted by Gasteiger charge is -2.19. The van der Waals surface area contributed by atoms with Crippen LogP contribution in [-0.4, -0.2) is 29.8 Å². The van der Waals surface area contributed by atoms with Gasteiger partial charge in [-0.2, -0.15) is 8.42 Å². The lowest BCUT2D eigenvalue weighted by atomic mass is 10.1. The monoisotopic (exact) mass is 452 g/mol. The van der Waals surface area contributed by atoms with E-state index in [2.05, 4.69) is 0 Å². The van der Waals surface area contributed by atoms with E-state index in [9.17, 15) is 33.4 Å². The van der Waals surface area contributed by atoms with E-state index in [-0.39, 0.29) is 4.90 Å². The van der Waals surface area contributed by atoms with Crippen LogP contribution in [0.25, 0.3) is 0 Å². The second-order valence-corrected chi connectivity index (χ2v) is 9.15. The van der Waals surface area contributed by atoms with E-state index in [1.165, 1.54) is 24.3 Å². The molecule has 0 aliphatic rings. The van der Waals surface area contributed by atoms with Crippen LogP contribution in [0.1, 0.15) is 42.3 Å². The molecule has 31 heavy (non-hydrogen) atoms. The Balaban J connectivity index is 2.48. The molecular formula is C19H20N2O9S. The van der Waals surface area contributed by atoms with Gasteiger partial charge in [-0.3, -0.25) is 24.4 Å². The van der Waals surface area contributed by atoms with Gasteiger partial charge >= 0.3 is 5.97 Å². The van der Waals surface area contributed by atoms with Crippen molar-refractivity contribution in [3.63, 3.8) is 0 Å². The van der Waals surface area contributed by atoms with Crippen molar-refractivity contribution in [3.8, 4) is 0 Å². The van der Waals surface area contributed by atoms with Crippen molar-refractivity contribution in [2.45, 2.75) is 44.8 Å². The quantitative estimate of drug-likeness (QED) is 0.264. The molecule has 11 nitrogen and oxygen atoms in total. The highest BCUT2D eigenvalue weighted by Crippen LogP contribution is 2.33. The van der Waals surface area contributed by atoms with Crippen LogP contribution in [0, 0.1) is 27.2 Å². The standard InChI is InChI=1S/C19H20N2O9S/c1-12-5-7-14(8-6-12)31(27,28)29-11-15-16(20(23)24)9-13(10-17(15)21(25)26)18(22)30-19(2,3)4/h5-10H,11H2,1-4H3. The number of hydrogen-bond donors (Lipinski definition) is 0. The van der Waals surface area contributed by atoms with Crippen molar-refractivity contribution in [3.05, 3.63) is 73.3 Å². The summed E-state index contributed by atoms with van der Waals surface area (Å²) in [6, 6.07) is 7.18. The molecule has 2 aromatic carbocycles. The minimum atomic E-state index is -4.35. The molecule has 0 spiro atoms. The first-order chi connectivity index (χ1) is 14.2. The molecule has 0 saturated carbocycles. The molecule has 0 N–H and O–H groups in total. The molecule has 2 rings (SSSR count). The summed E-state index contributed by atoms with van der Waals surface area (Å²) >= 11 is 0. The maximum atomic E-state index is 12.4. The number of carbonyl (C=O) groups excluding carboxylic acids is 1. The predicted octanol–water partition coefficient (Wildman–Crippen LogP) is 3.67. The van der Waals surface area contributed by atoms with Gasteiger partial charge in [0.05, 0.1) is 20.3 Å². The van der Waals surface area contributed by atoms with Gasteiger partial charge in [0, 0.05) is 12.1 Å². The number of esters is 1. The van der Waals surface area contributed by atoms with Crippen molar-refractivity contribution in [1.29, 1.82) is 0 Å². The van der Waals surface area contributed by atoms with Crippen LogP contribution in [-0.2, 0) is 25.6 Å². The van der Waals surface area contributed by atoms with Crippen molar-refractivity contribution >= 4 is 27.5 Å². The van der Waals surface area contributed by atoms with Crippen LogP contribution >= 0.6 is 0 Å². The average molecular weight is 452 g/mol. The fraction of sp³-hybridized carbons (Fsp3) is 0.316. The van der Waals surface area contributed by atoms with E-state index >= 15 is 0 Å². The topological polar surface area (TPSA) is 156 Å². The Morgan fingerprint density at radius 3 is 1.90 bits per heavy atom. The summed E-state index contributed by atoms with van der Waals surface area (Å²) in [4.78, 5) is 33.2. The van der Waals surface area contributed by atoms with Gasteiger partial charge in [-0.15, -0.1) is 0 Å². The normalized spacial score (nSPS) is 11.7. The number of nitro groups is 2. The highest BCUT2D eigenvalue weighted by Gasteiger charge is 2.31. The highest BCUT2D eigenvalue weighted by atomic mass is 32.2. The molecule has 12 heteroatoms. The van der Waals surface area contributed by atoms with Gasteiger partial charge in [0.1, 0.15) is 17.8 Å². The summed E-state index contributed by atoms with van der Waals surface area (Å²) in [5.41, 5.74) is -2.84. The van der Waals surface area contributed by atoms with Crippen LogP contribution in [0.3, 0.4) is 0 Å². The molecule has 0 aliphatic carbocycles. The lowest BCUT2D eigenvalue weighted by molar-refractivity contribution is -0.396. The Bertz CT molecular complexity index is 1100. The SMILES string of the molecule is Cc1ccc(S(=O)(=O)OCc2c([N+](=O)[O-])cc(C(=O)OC(C)(C)C)cc2[N+](=O)[O-])cc1. The van der Waals surface area contributed by atoms with E-state index in [0.717, 1.165) is 17.7 Å². The number of benzene rings is 2. The Morgan fingerprint density at radius 2 is 1.48 bits per heavy atom. The summed E-state index contributed by atoms with van der Waals surface area (Å²) in [5.74, 6) is -1.00. The number of nitro benzene ring substituents is 2. The fourth-order valence-corrected chi connectivity index (χ4v) is 3.36. The van der Waals surface area contributed by atoms with Crippen LogP contribution in [0.4, 0.5) is 11.4 Å². The number of rotatable bonds is 7. The molecule has 0 aromatic heterocycles. The van der Waals surface area contributed by atoms with Crippen molar-refractivity contribution in [1.82, 2.24) is 0 Å². The molecule has 0 amide bonds. The number of carbonyl (C=O) groups is 1. The molecule has 0 saturated heterocycles. The molecule has 166 valence electrons. The van der Waals surface area contributed by atoms with Gasteiger partial charge < -0.3 is 4.74 Å². The van der Waals surface area contributed by atoms with E-state index in [1.807, 2.05) is 0 Å². The summed E-state index contributed by atoms with van der Waals surface area (Å²) in [5, 5.41) is 23.0. The molecule has 0 atom stereocenters. The third kappa shape index (κ3) is 6.06. The van der Waals surface area contributed by atoms with Gasteiger partial charge in [-0.25, -0.2) is 4.79 Å². The van der Waals surface area contributed by atoms with E-state index in [1.54, 1.807) is 27.7 Å². The van der Waals surface area contributed by atoms with Gasteiger partial charge in [0.2, 0.25) is 0 Å². The smallest absolute Gasteiger partial charge is 0.339 e. The second-order valence-electron chi connectivity index (χ2n) is 7.54. The van der Waals surface area contributed by atoms with Crippen LogP contribution in [0.5, 0.6) is 0 Å². The molecule has 0 aliphatic heterocycles. The minimum absolute atomic E-state index is 0.214. The first kappa shape index (κ1) is 23.9.